The lowest BCUT2D eigenvalue weighted by Gasteiger charge is -2.03. The van der Waals surface area contributed by atoms with E-state index in [-0.39, 0.29) is 11.0 Å². The fourth-order valence-corrected chi connectivity index (χ4v) is 2.05. The van der Waals surface area contributed by atoms with Crippen molar-refractivity contribution in [3.05, 3.63) is 50.1 Å². The van der Waals surface area contributed by atoms with Gasteiger partial charge in [-0.15, -0.1) is 0 Å². The van der Waals surface area contributed by atoms with Crippen molar-refractivity contribution in [1.29, 1.82) is 0 Å². The molecule has 3 rings (SSSR count). The summed E-state index contributed by atoms with van der Waals surface area (Å²) in [6.07, 6.45) is 0. The molecule has 2 N–H and O–H groups in total. The topological polar surface area (TPSA) is 78.6 Å². The molecule has 0 unspecified atom stereocenters. The van der Waals surface area contributed by atoms with Gasteiger partial charge in [0, 0.05) is 5.39 Å². The van der Waals surface area contributed by atoms with Crippen molar-refractivity contribution in [3.8, 4) is 0 Å². The number of aromatic nitrogens is 3. The molecule has 5 nitrogen and oxygen atoms in total. The van der Waals surface area contributed by atoms with Crippen LogP contribution in [0, 0.1) is 0 Å². The number of halogens is 1. The maximum absolute atomic E-state index is 11.6. The first-order valence-corrected chi connectivity index (χ1v) is 5.25. The van der Waals surface area contributed by atoms with Crippen molar-refractivity contribution < 1.29 is 0 Å². The zero-order chi connectivity index (χ0) is 12.0. The van der Waals surface area contributed by atoms with Crippen LogP contribution in [0.3, 0.4) is 0 Å². The van der Waals surface area contributed by atoms with E-state index in [1.807, 2.05) is 6.07 Å². The van der Waals surface area contributed by atoms with E-state index < -0.39 is 11.2 Å². The van der Waals surface area contributed by atoms with Crippen LogP contribution >= 0.6 is 11.6 Å². The zero-order valence-electron chi connectivity index (χ0n) is 8.45. The van der Waals surface area contributed by atoms with Gasteiger partial charge in [-0.25, -0.2) is 9.78 Å². The minimum absolute atomic E-state index is 0.133. The molecule has 2 aromatic heterocycles. The molecule has 0 amide bonds. The number of hydrogen-bond donors (Lipinski definition) is 2. The Morgan fingerprint density at radius 3 is 2.71 bits per heavy atom. The van der Waals surface area contributed by atoms with Gasteiger partial charge in [0.05, 0.1) is 16.1 Å². The number of nitrogens with zero attached hydrogens (tertiary/aromatic N) is 1. The Hall–Kier alpha value is -2.14. The van der Waals surface area contributed by atoms with Gasteiger partial charge in [0.1, 0.15) is 0 Å². The second-order valence-corrected chi connectivity index (χ2v) is 3.95. The van der Waals surface area contributed by atoms with E-state index in [0.717, 1.165) is 0 Å². The van der Waals surface area contributed by atoms with Gasteiger partial charge in [-0.1, -0.05) is 29.8 Å². The Bertz CT molecular complexity index is 851. The monoisotopic (exact) mass is 247 g/mol. The van der Waals surface area contributed by atoms with Gasteiger partial charge >= 0.3 is 5.69 Å². The van der Waals surface area contributed by atoms with E-state index in [4.69, 9.17) is 11.6 Å². The lowest BCUT2D eigenvalue weighted by molar-refractivity contribution is 1.07. The number of aromatic amines is 2. The highest BCUT2D eigenvalue weighted by molar-refractivity contribution is 6.39. The molecule has 0 radical (unpaired) electrons. The molecule has 6 heteroatoms. The molecular weight excluding hydrogens is 242 g/mol. The first-order chi connectivity index (χ1) is 8.16. The van der Waals surface area contributed by atoms with E-state index in [0.29, 0.717) is 15.9 Å². The number of fused-ring (bicyclic) bond motifs is 2. The molecule has 0 fully saturated rings. The minimum atomic E-state index is -0.596. The number of benzene rings is 1. The first kappa shape index (κ1) is 10.0. The van der Waals surface area contributed by atoms with Gasteiger partial charge in [0.15, 0.2) is 5.52 Å². The van der Waals surface area contributed by atoms with Gasteiger partial charge in [0.25, 0.3) is 5.56 Å². The number of nitrogens with one attached hydrogen (secondary N) is 2. The Kier molecular flexibility index (Phi) is 2.02. The van der Waals surface area contributed by atoms with Crippen molar-refractivity contribution in [1.82, 2.24) is 15.0 Å². The summed E-state index contributed by atoms with van der Waals surface area (Å²) >= 11 is 6.16. The van der Waals surface area contributed by atoms with Crippen molar-refractivity contribution in [2.75, 3.05) is 0 Å². The maximum Gasteiger partial charge on any atom is 0.326 e. The van der Waals surface area contributed by atoms with Crippen molar-refractivity contribution in [2.24, 2.45) is 0 Å². The number of pyridine rings is 1. The highest BCUT2D eigenvalue weighted by atomic mass is 35.5. The summed E-state index contributed by atoms with van der Waals surface area (Å²) in [5.41, 5.74) is -0.132. The molecule has 0 saturated heterocycles. The third-order valence-electron chi connectivity index (χ3n) is 2.51. The fourth-order valence-electron chi connectivity index (χ4n) is 1.76. The van der Waals surface area contributed by atoms with Crippen LogP contribution in [0.2, 0.25) is 5.02 Å². The highest BCUT2D eigenvalue weighted by Crippen LogP contribution is 2.26. The number of H-pyrrole nitrogens is 2. The van der Waals surface area contributed by atoms with Crippen LogP contribution in [-0.4, -0.2) is 15.0 Å². The second-order valence-electron chi connectivity index (χ2n) is 3.57. The van der Waals surface area contributed by atoms with Crippen LogP contribution in [0.15, 0.2) is 33.9 Å². The van der Waals surface area contributed by atoms with Crippen LogP contribution in [0.4, 0.5) is 0 Å². The van der Waals surface area contributed by atoms with Gasteiger partial charge in [-0.2, -0.15) is 0 Å². The van der Waals surface area contributed by atoms with E-state index in [9.17, 15) is 9.59 Å². The minimum Gasteiger partial charge on any atom is -0.304 e. The van der Waals surface area contributed by atoms with Crippen molar-refractivity contribution in [2.45, 2.75) is 0 Å². The lowest BCUT2D eigenvalue weighted by atomic mass is 10.2. The van der Waals surface area contributed by atoms with E-state index in [1.165, 1.54) is 0 Å². The summed E-state index contributed by atoms with van der Waals surface area (Å²) in [4.78, 5) is 31.6. The van der Waals surface area contributed by atoms with E-state index >= 15 is 0 Å². The highest BCUT2D eigenvalue weighted by Gasteiger charge is 2.10. The Balaban J connectivity index is 2.69. The van der Waals surface area contributed by atoms with E-state index in [2.05, 4.69) is 15.0 Å². The maximum atomic E-state index is 11.6. The zero-order valence-corrected chi connectivity index (χ0v) is 9.21. The molecule has 0 bridgehead atoms. The first-order valence-electron chi connectivity index (χ1n) is 4.87. The van der Waals surface area contributed by atoms with Gasteiger partial charge < -0.3 is 4.98 Å². The van der Waals surface area contributed by atoms with Crippen LogP contribution in [0.25, 0.3) is 21.9 Å². The predicted molar refractivity (Wildman–Crippen MR) is 65.5 cm³/mol. The fraction of sp³-hybridized carbons (Fsp3) is 0. The molecule has 0 spiro atoms. The summed E-state index contributed by atoms with van der Waals surface area (Å²) in [7, 11) is 0. The summed E-state index contributed by atoms with van der Waals surface area (Å²) in [6, 6.07) is 7.15. The molecule has 0 atom stereocenters. The summed E-state index contributed by atoms with van der Waals surface area (Å²) in [6.45, 7) is 0. The molecular formula is C11H6ClN3O2. The summed E-state index contributed by atoms with van der Waals surface area (Å²) < 4.78 is 0. The predicted octanol–water partition coefficient (Wildman–Crippen LogP) is 1.42. The molecule has 0 saturated carbocycles. The average molecular weight is 248 g/mol. The van der Waals surface area contributed by atoms with Gasteiger partial charge in [0.2, 0.25) is 0 Å². The summed E-state index contributed by atoms with van der Waals surface area (Å²) in [5, 5.41) is 1.02. The molecule has 3 aromatic rings. The molecule has 0 aliphatic rings. The average Bonchev–Trinajstić information content (AvgIpc) is 2.31. The number of hydrogen-bond acceptors (Lipinski definition) is 3. The molecule has 2 heterocycles. The van der Waals surface area contributed by atoms with Crippen molar-refractivity contribution in [3.63, 3.8) is 0 Å². The molecule has 0 aliphatic carbocycles. The van der Waals surface area contributed by atoms with Crippen LogP contribution in [0.5, 0.6) is 0 Å². The smallest absolute Gasteiger partial charge is 0.304 e. The quantitative estimate of drug-likeness (QED) is 0.590. The second kappa shape index (κ2) is 3.43. The van der Waals surface area contributed by atoms with Crippen LogP contribution in [0.1, 0.15) is 0 Å². The van der Waals surface area contributed by atoms with Crippen molar-refractivity contribution >= 4 is 33.5 Å². The molecule has 1 aromatic carbocycles. The largest absolute Gasteiger partial charge is 0.326 e. The SMILES string of the molecule is O=c1[nH]c(=O)c2nc3ccccc3c(Cl)c2[nH]1. The summed E-state index contributed by atoms with van der Waals surface area (Å²) in [5.74, 6) is 0. The van der Waals surface area contributed by atoms with E-state index in [1.54, 1.807) is 18.2 Å². The normalized spacial score (nSPS) is 11.1. The molecule has 17 heavy (non-hydrogen) atoms. The Morgan fingerprint density at radius 2 is 1.88 bits per heavy atom. The van der Waals surface area contributed by atoms with Gasteiger partial charge in [-0.05, 0) is 6.07 Å². The van der Waals surface area contributed by atoms with Gasteiger partial charge in [-0.3, -0.25) is 9.78 Å². The third-order valence-corrected chi connectivity index (χ3v) is 2.90. The standard InChI is InChI=1S/C11H6ClN3O2/c12-7-5-3-1-2-4-6(5)13-9-8(7)14-11(17)15-10(9)16/h1-4H,(H2,14,15,16,17). The Labute approximate surface area is 99.1 Å². The number of rotatable bonds is 0. The van der Waals surface area contributed by atoms with Crippen LogP contribution in [-0.2, 0) is 0 Å². The molecule has 84 valence electrons. The Morgan fingerprint density at radius 1 is 1.12 bits per heavy atom. The van der Waals surface area contributed by atoms with Crippen LogP contribution < -0.4 is 11.2 Å². The third kappa shape index (κ3) is 1.43. The lowest BCUT2D eigenvalue weighted by Crippen LogP contribution is -2.22. The number of para-hydroxylation sites is 1. The molecule has 0 aliphatic heterocycles.